The van der Waals surface area contributed by atoms with Gasteiger partial charge in [0.05, 0.1) is 6.54 Å². The summed E-state index contributed by atoms with van der Waals surface area (Å²) in [6.07, 6.45) is -0.671. The van der Waals surface area contributed by atoms with Crippen molar-refractivity contribution in [2.24, 2.45) is 0 Å². The number of halogens is 2. The number of rotatable bonds is 7. The first-order valence-electron chi connectivity index (χ1n) is 8.82. The molecule has 1 aliphatic rings. The predicted octanol–water partition coefficient (Wildman–Crippen LogP) is 3.59. The number of carbonyl (C=O) groups is 2. The summed E-state index contributed by atoms with van der Waals surface area (Å²) < 4.78 is 5.49. The van der Waals surface area contributed by atoms with E-state index in [1.165, 1.54) is 0 Å². The van der Waals surface area contributed by atoms with Crippen molar-refractivity contribution >= 4 is 35.1 Å². The second-order valence-corrected chi connectivity index (χ2v) is 7.40. The molecule has 0 aromatic heterocycles. The summed E-state index contributed by atoms with van der Waals surface area (Å²) in [5, 5.41) is 14.1. The molecule has 2 N–H and O–H groups in total. The molecule has 0 spiro atoms. The summed E-state index contributed by atoms with van der Waals surface area (Å²) in [4.78, 5) is 26.5. The predicted molar refractivity (Wildman–Crippen MR) is 107 cm³/mol. The summed E-state index contributed by atoms with van der Waals surface area (Å²) in [5.41, 5.74) is -0.523. The number of carbonyl (C=O) groups excluding carboxylic acids is 2. The topological polar surface area (TPSA) is 78.9 Å². The lowest BCUT2D eigenvalue weighted by molar-refractivity contribution is -0.132. The zero-order valence-corrected chi connectivity index (χ0v) is 16.7. The number of imide groups is 1. The lowest BCUT2D eigenvalue weighted by Gasteiger charge is -2.26. The maximum atomic E-state index is 13.0. The largest absolute Gasteiger partial charge is 0.491 e. The van der Waals surface area contributed by atoms with Crippen LogP contribution in [0.3, 0.4) is 0 Å². The van der Waals surface area contributed by atoms with Crippen molar-refractivity contribution < 1.29 is 19.4 Å². The lowest BCUT2D eigenvalue weighted by Crippen LogP contribution is -2.44. The Morgan fingerprint density at radius 1 is 1.07 bits per heavy atom. The number of benzene rings is 2. The third kappa shape index (κ3) is 4.09. The fraction of sp³-hybridized carbons (Fsp3) is 0.300. The molecule has 3 rings (SSSR count). The van der Waals surface area contributed by atoms with E-state index in [1.807, 2.05) is 6.92 Å². The average Bonchev–Trinajstić information content (AvgIpc) is 2.93. The summed E-state index contributed by atoms with van der Waals surface area (Å²) in [6.45, 7) is 1.57. The number of aliphatic hydroxyl groups excluding tert-OH is 1. The van der Waals surface area contributed by atoms with Crippen LogP contribution in [-0.2, 0) is 10.3 Å². The van der Waals surface area contributed by atoms with Crippen LogP contribution in [0.1, 0.15) is 18.9 Å². The second-order valence-electron chi connectivity index (χ2n) is 6.53. The van der Waals surface area contributed by atoms with Crippen molar-refractivity contribution in [2.75, 3.05) is 13.2 Å². The van der Waals surface area contributed by atoms with Crippen molar-refractivity contribution in [3.63, 3.8) is 0 Å². The molecule has 3 amide bonds. The number of amides is 3. The Hall–Kier alpha value is -2.28. The van der Waals surface area contributed by atoms with E-state index in [-0.39, 0.29) is 13.2 Å². The highest BCUT2D eigenvalue weighted by molar-refractivity contribution is 6.30. The third-order valence-corrected chi connectivity index (χ3v) is 5.20. The summed E-state index contributed by atoms with van der Waals surface area (Å²) in [5.74, 6) is 0.123. The minimum atomic E-state index is -1.17. The SMILES string of the molecule is CCC1(c2ccc(Cl)cc2)NC(=O)N(CC(O)COc2ccc(Cl)cc2)C1=O. The van der Waals surface area contributed by atoms with Crippen molar-refractivity contribution in [3.05, 3.63) is 64.1 Å². The summed E-state index contributed by atoms with van der Waals surface area (Å²) >= 11 is 11.7. The van der Waals surface area contributed by atoms with Gasteiger partial charge in [-0.15, -0.1) is 0 Å². The van der Waals surface area contributed by atoms with Crippen LogP contribution in [0.4, 0.5) is 4.79 Å². The molecule has 1 fully saturated rings. The molecule has 28 heavy (non-hydrogen) atoms. The standard InChI is InChI=1S/C20H20Cl2N2O4/c1-2-20(13-3-5-14(21)6-4-13)18(26)24(19(27)23-20)11-16(25)12-28-17-9-7-15(22)8-10-17/h3-10,16,25H,2,11-12H2,1H3,(H,23,27). The molecule has 2 unspecified atom stereocenters. The minimum absolute atomic E-state index is 0.0707. The van der Waals surface area contributed by atoms with E-state index in [0.29, 0.717) is 27.8 Å². The van der Waals surface area contributed by atoms with Crippen LogP contribution < -0.4 is 10.1 Å². The van der Waals surface area contributed by atoms with Gasteiger partial charge in [0.1, 0.15) is 24.0 Å². The van der Waals surface area contributed by atoms with Crippen LogP contribution in [-0.4, -0.2) is 41.2 Å². The molecule has 0 radical (unpaired) electrons. The fourth-order valence-corrected chi connectivity index (χ4v) is 3.40. The lowest BCUT2D eigenvalue weighted by atomic mass is 9.87. The number of nitrogens with one attached hydrogen (secondary N) is 1. The van der Waals surface area contributed by atoms with E-state index in [2.05, 4.69) is 5.32 Å². The molecule has 0 aliphatic carbocycles. The first kappa shape index (κ1) is 20.5. The van der Waals surface area contributed by atoms with Crippen molar-refractivity contribution in [1.29, 1.82) is 0 Å². The number of aliphatic hydroxyl groups is 1. The minimum Gasteiger partial charge on any atom is -0.491 e. The molecule has 2 aromatic rings. The molecular formula is C20H20Cl2N2O4. The van der Waals surface area contributed by atoms with E-state index < -0.39 is 23.6 Å². The van der Waals surface area contributed by atoms with Gasteiger partial charge in [-0.2, -0.15) is 0 Å². The highest BCUT2D eigenvalue weighted by Crippen LogP contribution is 2.33. The summed E-state index contributed by atoms with van der Waals surface area (Å²) in [6, 6.07) is 12.9. The Morgan fingerprint density at radius 3 is 2.21 bits per heavy atom. The van der Waals surface area contributed by atoms with Crippen LogP contribution in [0.25, 0.3) is 0 Å². The maximum Gasteiger partial charge on any atom is 0.325 e. The van der Waals surface area contributed by atoms with E-state index >= 15 is 0 Å². The number of ether oxygens (including phenoxy) is 1. The number of β-amino-alcohol motifs (C(OH)–C–C–N with tert-alkyl or cyclic N) is 1. The Kier molecular flexibility index (Phi) is 6.13. The van der Waals surface area contributed by atoms with E-state index in [0.717, 1.165) is 4.90 Å². The molecule has 1 saturated heterocycles. The average molecular weight is 423 g/mol. The van der Waals surface area contributed by atoms with E-state index in [1.54, 1.807) is 48.5 Å². The van der Waals surface area contributed by atoms with Gasteiger partial charge in [0.2, 0.25) is 0 Å². The highest BCUT2D eigenvalue weighted by Gasteiger charge is 2.51. The first-order chi connectivity index (χ1) is 13.4. The van der Waals surface area contributed by atoms with Crippen LogP contribution in [0.5, 0.6) is 5.75 Å². The molecule has 8 heteroatoms. The van der Waals surface area contributed by atoms with Gasteiger partial charge in [-0.05, 0) is 48.4 Å². The Labute approximate surface area is 173 Å². The quantitative estimate of drug-likeness (QED) is 0.668. The molecule has 2 atom stereocenters. The van der Waals surface area contributed by atoms with Gasteiger partial charge in [0, 0.05) is 10.0 Å². The summed E-state index contributed by atoms with van der Waals surface area (Å²) in [7, 11) is 0. The normalized spacial score (nSPS) is 20.2. The van der Waals surface area contributed by atoms with Gasteiger partial charge in [-0.3, -0.25) is 9.69 Å². The molecule has 1 heterocycles. The third-order valence-electron chi connectivity index (χ3n) is 4.69. The molecular weight excluding hydrogens is 403 g/mol. The zero-order chi connectivity index (χ0) is 20.3. The van der Waals surface area contributed by atoms with Crippen molar-refractivity contribution in [3.8, 4) is 5.75 Å². The number of hydrogen-bond donors (Lipinski definition) is 2. The second kappa shape index (κ2) is 8.39. The Morgan fingerprint density at radius 2 is 1.64 bits per heavy atom. The Bertz CT molecular complexity index is 858. The van der Waals surface area contributed by atoms with Gasteiger partial charge in [-0.25, -0.2) is 4.79 Å². The van der Waals surface area contributed by atoms with Crippen molar-refractivity contribution in [2.45, 2.75) is 25.0 Å². The monoisotopic (exact) mass is 422 g/mol. The van der Waals surface area contributed by atoms with Crippen LogP contribution in [0, 0.1) is 0 Å². The first-order valence-corrected chi connectivity index (χ1v) is 9.58. The van der Waals surface area contributed by atoms with Gasteiger partial charge in [0.15, 0.2) is 0 Å². The number of nitrogens with zero attached hydrogens (tertiary/aromatic N) is 1. The van der Waals surface area contributed by atoms with Crippen LogP contribution in [0.2, 0.25) is 10.0 Å². The van der Waals surface area contributed by atoms with E-state index in [9.17, 15) is 14.7 Å². The van der Waals surface area contributed by atoms with Gasteiger partial charge in [0.25, 0.3) is 5.91 Å². The zero-order valence-electron chi connectivity index (χ0n) is 15.2. The fourth-order valence-electron chi connectivity index (χ4n) is 3.15. The number of hydrogen-bond acceptors (Lipinski definition) is 4. The maximum absolute atomic E-state index is 13.0. The van der Waals surface area contributed by atoms with Crippen LogP contribution >= 0.6 is 23.2 Å². The number of urea groups is 1. The van der Waals surface area contributed by atoms with Crippen molar-refractivity contribution in [1.82, 2.24) is 10.2 Å². The van der Waals surface area contributed by atoms with Gasteiger partial charge < -0.3 is 15.2 Å². The molecule has 1 aliphatic heterocycles. The van der Waals surface area contributed by atoms with Gasteiger partial charge in [-0.1, -0.05) is 42.3 Å². The molecule has 0 bridgehead atoms. The molecule has 148 valence electrons. The molecule has 0 saturated carbocycles. The smallest absolute Gasteiger partial charge is 0.325 e. The molecule has 2 aromatic carbocycles. The van der Waals surface area contributed by atoms with E-state index in [4.69, 9.17) is 27.9 Å². The molecule has 6 nitrogen and oxygen atoms in total. The van der Waals surface area contributed by atoms with Crippen LogP contribution in [0.15, 0.2) is 48.5 Å². The van der Waals surface area contributed by atoms with Gasteiger partial charge >= 0.3 is 6.03 Å². The Balaban J connectivity index is 1.68. The highest BCUT2D eigenvalue weighted by atomic mass is 35.5.